The SMILES string of the molecule is C[C@@H](N)Cc1cccc2c1CCC2. The Morgan fingerprint density at radius 1 is 1.38 bits per heavy atom. The van der Waals surface area contributed by atoms with Gasteiger partial charge in [-0.3, -0.25) is 0 Å². The molecule has 1 aromatic carbocycles. The summed E-state index contributed by atoms with van der Waals surface area (Å²) in [5.74, 6) is 0. The van der Waals surface area contributed by atoms with Crippen molar-refractivity contribution in [3.63, 3.8) is 0 Å². The highest BCUT2D eigenvalue weighted by molar-refractivity contribution is 5.38. The molecular formula is C12H17N. The third-order valence-corrected chi connectivity index (χ3v) is 2.78. The van der Waals surface area contributed by atoms with Crippen LogP contribution in [0, 0.1) is 0 Å². The van der Waals surface area contributed by atoms with Crippen LogP contribution in [0.3, 0.4) is 0 Å². The summed E-state index contributed by atoms with van der Waals surface area (Å²) in [7, 11) is 0. The quantitative estimate of drug-likeness (QED) is 0.731. The molecule has 0 radical (unpaired) electrons. The molecule has 70 valence electrons. The lowest BCUT2D eigenvalue weighted by Gasteiger charge is -2.10. The number of aryl methyl sites for hydroxylation is 1. The van der Waals surface area contributed by atoms with E-state index in [1.807, 2.05) is 0 Å². The minimum absolute atomic E-state index is 0.284. The summed E-state index contributed by atoms with van der Waals surface area (Å²) in [6.07, 6.45) is 4.88. The van der Waals surface area contributed by atoms with Gasteiger partial charge in [0.2, 0.25) is 0 Å². The first-order chi connectivity index (χ1) is 6.27. The Morgan fingerprint density at radius 3 is 3.00 bits per heavy atom. The fourth-order valence-corrected chi connectivity index (χ4v) is 2.24. The van der Waals surface area contributed by atoms with Crippen LogP contribution in [0.4, 0.5) is 0 Å². The van der Waals surface area contributed by atoms with Crippen LogP contribution in [-0.2, 0) is 19.3 Å². The van der Waals surface area contributed by atoms with Gasteiger partial charge >= 0.3 is 0 Å². The summed E-state index contributed by atoms with van der Waals surface area (Å²) in [5, 5.41) is 0. The van der Waals surface area contributed by atoms with E-state index in [0.717, 1.165) is 6.42 Å². The zero-order valence-electron chi connectivity index (χ0n) is 8.22. The van der Waals surface area contributed by atoms with Crippen molar-refractivity contribution in [3.8, 4) is 0 Å². The van der Waals surface area contributed by atoms with Crippen molar-refractivity contribution in [2.45, 2.75) is 38.6 Å². The van der Waals surface area contributed by atoms with E-state index < -0.39 is 0 Å². The van der Waals surface area contributed by atoms with Gasteiger partial charge in [-0.15, -0.1) is 0 Å². The van der Waals surface area contributed by atoms with Gasteiger partial charge in [0.05, 0.1) is 0 Å². The first-order valence-electron chi connectivity index (χ1n) is 5.12. The van der Waals surface area contributed by atoms with Crippen molar-refractivity contribution in [1.29, 1.82) is 0 Å². The highest BCUT2D eigenvalue weighted by Gasteiger charge is 2.14. The molecule has 1 aromatic rings. The Kier molecular flexibility index (Phi) is 2.36. The topological polar surface area (TPSA) is 26.0 Å². The van der Waals surface area contributed by atoms with E-state index in [-0.39, 0.29) is 6.04 Å². The monoisotopic (exact) mass is 175 g/mol. The maximum absolute atomic E-state index is 5.82. The summed E-state index contributed by atoms with van der Waals surface area (Å²) in [5.41, 5.74) is 10.4. The summed E-state index contributed by atoms with van der Waals surface area (Å²) in [6, 6.07) is 6.94. The minimum Gasteiger partial charge on any atom is -0.328 e. The largest absolute Gasteiger partial charge is 0.328 e. The van der Waals surface area contributed by atoms with Crippen LogP contribution in [0.5, 0.6) is 0 Å². The predicted molar refractivity (Wildman–Crippen MR) is 55.8 cm³/mol. The summed E-state index contributed by atoms with van der Waals surface area (Å²) < 4.78 is 0. The van der Waals surface area contributed by atoms with Crippen molar-refractivity contribution >= 4 is 0 Å². The molecular weight excluding hydrogens is 158 g/mol. The smallest absolute Gasteiger partial charge is 0.00510 e. The number of benzene rings is 1. The van der Waals surface area contributed by atoms with Crippen molar-refractivity contribution in [2.75, 3.05) is 0 Å². The van der Waals surface area contributed by atoms with Gasteiger partial charge in [-0.05, 0) is 49.3 Å². The van der Waals surface area contributed by atoms with Gasteiger partial charge in [0.15, 0.2) is 0 Å². The zero-order chi connectivity index (χ0) is 9.26. The first-order valence-corrected chi connectivity index (χ1v) is 5.12. The van der Waals surface area contributed by atoms with E-state index in [2.05, 4.69) is 25.1 Å². The molecule has 0 saturated heterocycles. The van der Waals surface area contributed by atoms with Gasteiger partial charge < -0.3 is 5.73 Å². The molecule has 1 atom stereocenters. The molecule has 0 aromatic heterocycles. The molecule has 13 heavy (non-hydrogen) atoms. The zero-order valence-corrected chi connectivity index (χ0v) is 8.22. The van der Waals surface area contributed by atoms with Crippen LogP contribution < -0.4 is 5.73 Å². The van der Waals surface area contributed by atoms with Gasteiger partial charge in [-0.2, -0.15) is 0 Å². The normalized spacial score (nSPS) is 17.1. The molecule has 0 spiro atoms. The van der Waals surface area contributed by atoms with Crippen LogP contribution >= 0.6 is 0 Å². The fraction of sp³-hybridized carbons (Fsp3) is 0.500. The third-order valence-electron chi connectivity index (χ3n) is 2.78. The van der Waals surface area contributed by atoms with E-state index in [1.165, 1.54) is 24.8 Å². The van der Waals surface area contributed by atoms with E-state index in [0.29, 0.717) is 0 Å². The Morgan fingerprint density at radius 2 is 2.23 bits per heavy atom. The molecule has 0 heterocycles. The fourth-order valence-electron chi connectivity index (χ4n) is 2.24. The highest BCUT2D eigenvalue weighted by Crippen LogP contribution is 2.25. The standard InChI is InChI=1S/C12H17N/c1-9(13)8-11-6-2-4-10-5-3-7-12(10)11/h2,4,6,9H,3,5,7-8,13H2,1H3/t9-/m1/s1. The summed E-state index contributed by atoms with van der Waals surface area (Å²) in [4.78, 5) is 0. The van der Waals surface area contributed by atoms with Gasteiger partial charge in [-0.25, -0.2) is 0 Å². The molecule has 0 aliphatic heterocycles. The van der Waals surface area contributed by atoms with Gasteiger partial charge in [0.1, 0.15) is 0 Å². The van der Waals surface area contributed by atoms with E-state index in [1.54, 1.807) is 11.1 Å². The Hall–Kier alpha value is -0.820. The van der Waals surface area contributed by atoms with Crippen LogP contribution in [0.15, 0.2) is 18.2 Å². The highest BCUT2D eigenvalue weighted by atomic mass is 14.6. The lowest BCUT2D eigenvalue weighted by atomic mass is 9.98. The molecule has 0 fully saturated rings. The number of hydrogen-bond donors (Lipinski definition) is 1. The molecule has 1 aliphatic carbocycles. The molecule has 1 heteroatoms. The van der Waals surface area contributed by atoms with Crippen LogP contribution in [0.2, 0.25) is 0 Å². The summed E-state index contributed by atoms with van der Waals surface area (Å²) >= 11 is 0. The van der Waals surface area contributed by atoms with Crippen molar-refractivity contribution < 1.29 is 0 Å². The van der Waals surface area contributed by atoms with Crippen LogP contribution in [-0.4, -0.2) is 6.04 Å². The van der Waals surface area contributed by atoms with Crippen LogP contribution in [0.1, 0.15) is 30.0 Å². The van der Waals surface area contributed by atoms with Crippen LogP contribution in [0.25, 0.3) is 0 Å². The molecule has 2 N–H and O–H groups in total. The maximum atomic E-state index is 5.82. The molecule has 0 saturated carbocycles. The van der Waals surface area contributed by atoms with Crippen molar-refractivity contribution in [2.24, 2.45) is 5.73 Å². The maximum Gasteiger partial charge on any atom is 0.00510 e. The molecule has 2 rings (SSSR count). The number of fused-ring (bicyclic) bond motifs is 1. The summed E-state index contributed by atoms with van der Waals surface area (Å²) in [6.45, 7) is 2.08. The molecule has 0 unspecified atom stereocenters. The average molecular weight is 175 g/mol. The van der Waals surface area contributed by atoms with Crippen molar-refractivity contribution in [3.05, 3.63) is 34.9 Å². The predicted octanol–water partition coefficient (Wildman–Crippen LogP) is 2.07. The lowest BCUT2D eigenvalue weighted by Crippen LogP contribution is -2.18. The average Bonchev–Trinajstić information content (AvgIpc) is 2.51. The van der Waals surface area contributed by atoms with E-state index in [9.17, 15) is 0 Å². The first kappa shape index (κ1) is 8.76. The second-order valence-corrected chi connectivity index (χ2v) is 4.09. The molecule has 1 nitrogen and oxygen atoms in total. The van der Waals surface area contributed by atoms with Gasteiger partial charge in [0, 0.05) is 6.04 Å². The minimum atomic E-state index is 0.284. The molecule has 0 bridgehead atoms. The van der Waals surface area contributed by atoms with Gasteiger partial charge in [0.25, 0.3) is 0 Å². The number of nitrogens with two attached hydrogens (primary N) is 1. The van der Waals surface area contributed by atoms with Crippen molar-refractivity contribution in [1.82, 2.24) is 0 Å². The second-order valence-electron chi connectivity index (χ2n) is 4.09. The Balaban J connectivity index is 2.30. The Labute approximate surface area is 80.0 Å². The van der Waals surface area contributed by atoms with E-state index >= 15 is 0 Å². The third kappa shape index (κ3) is 1.75. The number of rotatable bonds is 2. The lowest BCUT2D eigenvalue weighted by molar-refractivity contribution is 0.732. The Bertz CT molecular complexity index is 302. The molecule has 1 aliphatic rings. The van der Waals surface area contributed by atoms with Gasteiger partial charge in [-0.1, -0.05) is 18.2 Å². The molecule has 0 amide bonds. The number of hydrogen-bond acceptors (Lipinski definition) is 1. The van der Waals surface area contributed by atoms with E-state index in [4.69, 9.17) is 5.73 Å². The second kappa shape index (κ2) is 3.51.